The molecule has 0 spiro atoms. The fourth-order valence-corrected chi connectivity index (χ4v) is 3.47. The van der Waals surface area contributed by atoms with E-state index in [0.29, 0.717) is 22.2 Å². The van der Waals surface area contributed by atoms with E-state index in [2.05, 4.69) is 22.7 Å². The van der Waals surface area contributed by atoms with Crippen LogP contribution in [0.5, 0.6) is 0 Å². The molecule has 1 amide bonds. The van der Waals surface area contributed by atoms with Crippen LogP contribution in [-0.4, -0.2) is 22.2 Å². The van der Waals surface area contributed by atoms with Crippen LogP contribution in [-0.2, 0) is 4.79 Å². The summed E-state index contributed by atoms with van der Waals surface area (Å²) in [4.78, 5) is 12.9. The molecule has 0 fully saturated rings. The minimum atomic E-state index is -0.359. The van der Waals surface area contributed by atoms with Crippen molar-refractivity contribution in [2.45, 2.75) is 39.2 Å². The summed E-state index contributed by atoms with van der Waals surface area (Å²) in [5.41, 5.74) is 2.31. The number of benzene rings is 1. The van der Waals surface area contributed by atoms with Crippen LogP contribution in [0, 0.1) is 0 Å². The van der Waals surface area contributed by atoms with Crippen LogP contribution in [0.3, 0.4) is 0 Å². The molecular weight excluding hydrogens is 371 g/mol. The molecule has 0 bridgehead atoms. The van der Waals surface area contributed by atoms with Gasteiger partial charge in [0.2, 0.25) is 0 Å². The Morgan fingerprint density at radius 2 is 2.08 bits per heavy atom. The molecule has 138 valence electrons. The lowest BCUT2D eigenvalue weighted by molar-refractivity contribution is -0.118. The summed E-state index contributed by atoms with van der Waals surface area (Å²) >= 11 is 12.3. The summed E-state index contributed by atoms with van der Waals surface area (Å²) in [5, 5.41) is 11.6. The van der Waals surface area contributed by atoms with Gasteiger partial charge in [-0.3, -0.25) is 4.79 Å². The Labute approximate surface area is 163 Å². The lowest BCUT2D eigenvalue weighted by Crippen LogP contribution is -2.35. The molecule has 0 saturated carbocycles. The molecular formula is C19H22Cl2N4O. The van der Waals surface area contributed by atoms with Crippen LogP contribution in [0.4, 0.5) is 5.82 Å². The first kappa shape index (κ1) is 18.8. The van der Waals surface area contributed by atoms with Crippen LogP contribution < -0.4 is 10.6 Å². The molecule has 1 aromatic carbocycles. The van der Waals surface area contributed by atoms with Gasteiger partial charge in [0, 0.05) is 18.3 Å². The molecule has 1 aliphatic heterocycles. The maximum absolute atomic E-state index is 12.9. The summed E-state index contributed by atoms with van der Waals surface area (Å²) in [5.74, 6) is 0.740. The standard InChI is InChI=1S/C19H22Cl2N4O/c1-3-4-5-9-22-19(26)17-12(2)24-16-8-10-23-25(16)18(17)13-6-7-14(20)15(21)11-13/h6-8,10-11,18,24H,3-5,9H2,1-2H3,(H,22,26). The number of hydrogen-bond acceptors (Lipinski definition) is 3. The van der Waals surface area contributed by atoms with Crippen LogP contribution >= 0.6 is 23.2 Å². The number of aromatic nitrogens is 2. The van der Waals surface area contributed by atoms with Crippen LogP contribution in [0.25, 0.3) is 0 Å². The van der Waals surface area contributed by atoms with E-state index in [-0.39, 0.29) is 11.9 Å². The van der Waals surface area contributed by atoms with Crippen molar-refractivity contribution in [2.24, 2.45) is 0 Å². The lowest BCUT2D eigenvalue weighted by Gasteiger charge is -2.30. The van der Waals surface area contributed by atoms with E-state index in [0.717, 1.165) is 36.3 Å². The molecule has 26 heavy (non-hydrogen) atoms. The zero-order valence-electron chi connectivity index (χ0n) is 14.9. The quantitative estimate of drug-likeness (QED) is 0.694. The van der Waals surface area contributed by atoms with Crippen molar-refractivity contribution >= 4 is 34.9 Å². The smallest absolute Gasteiger partial charge is 0.251 e. The molecule has 1 aliphatic rings. The number of allylic oxidation sites excluding steroid dienone is 1. The summed E-state index contributed by atoms with van der Waals surface area (Å²) < 4.78 is 1.80. The minimum absolute atomic E-state index is 0.0941. The molecule has 2 N–H and O–H groups in total. The highest BCUT2D eigenvalue weighted by Gasteiger charge is 2.32. The Kier molecular flexibility index (Phi) is 5.89. The normalized spacial score (nSPS) is 16.2. The van der Waals surface area contributed by atoms with Gasteiger partial charge in [0.15, 0.2) is 0 Å². The number of hydrogen-bond donors (Lipinski definition) is 2. The van der Waals surface area contributed by atoms with Crippen molar-refractivity contribution in [1.29, 1.82) is 0 Å². The largest absolute Gasteiger partial charge is 0.352 e. The highest BCUT2D eigenvalue weighted by molar-refractivity contribution is 6.42. The molecule has 2 heterocycles. The van der Waals surface area contributed by atoms with Gasteiger partial charge in [0.25, 0.3) is 5.91 Å². The van der Waals surface area contributed by atoms with Gasteiger partial charge >= 0.3 is 0 Å². The molecule has 0 radical (unpaired) electrons. The van der Waals surface area contributed by atoms with E-state index in [1.165, 1.54) is 0 Å². The Hall–Kier alpha value is -1.98. The minimum Gasteiger partial charge on any atom is -0.352 e. The monoisotopic (exact) mass is 392 g/mol. The molecule has 1 atom stereocenters. The molecule has 7 heteroatoms. The third-order valence-electron chi connectivity index (χ3n) is 4.48. The fraction of sp³-hybridized carbons (Fsp3) is 0.368. The van der Waals surface area contributed by atoms with Crippen LogP contribution in [0.2, 0.25) is 10.0 Å². The predicted molar refractivity (Wildman–Crippen MR) is 106 cm³/mol. The number of anilines is 1. The second-order valence-corrected chi connectivity index (χ2v) is 7.18. The van der Waals surface area contributed by atoms with Gasteiger partial charge in [0.1, 0.15) is 11.9 Å². The van der Waals surface area contributed by atoms with Gasteiger partial charge in [-0.15, -0.1) is 0 Å². The van der Waals surface area contributed by atoms with Gasteiger partial charge in [0.05, 0.1) is 21.8 Å². The highest BCUT2D eigenvalue weighted by atomic mass is 35.5. The van der Waals surface area contributed by atoms with Crippen molar-refractivity contribution in [3.8, 4) is 0 Å². The van der Waals surface area contributed by atoms with Crippen LogP contribution in [0.1, 0.15) is 44.7 Å². The lowest BCUT2D eigenvalue weighted by atomic mass is 9.95. The number of carbonyl (C=O) groups excluding carboxylic acids is 1. The average molecular weight is 393 g/mol. The van der Waals surface area contributed by atoms with E-state index in [9.17, 15) is 4.79 Å². The predicted octanol–water partition coefficient (Wildman–Crippen LogP) is 4.79. The second-order valence-electron chi connectivity index (χ2n) is 6.36. The zero-order valence-corrected chi connectivity index (χ0v) is 16.4. The van der Waals surface area contributed by atoms with Crippen molar-refractivity contribution < 1.29 is 4.79 Å². The Morgan fingerprint density at radius 1 is 1.27 bits per heavy atom. The Bertz CT molecular complexity index is 844. The summed E-state index contributed by atoms with van der Waals surface area (Å²) in [6, 6.07) is 6.94. The van der Waals surface area contributed by atoms with E-state index in [4.69, 9.17) is 23.2 Å². The number of amides is 1. The van der Waals surface area contributed by atoms with Crippen molar-refractivity contribution in [3.05, 3.63) is 57.3 Å². The third-order valence-corrected chi connectivity index (χ3v) is 5.22. The van der Waals surface area contributed by atoms with E-state index < -0.39 is 0 Å². The summed E-state index contributed by atoms with van der Waals surface area (Å²) in [6.45, 7) is 4.70. The SMILES string of the molecule is CCCCCNC(=O)C1=C(C)Nc2ccnn2C1c1ccc(Cl)c(Cl)c1. The van der Waals surface area contributed by atoms with Gasteiger partial charge in [-0.05, 0) is 31.0 Å². The molecule has 5 nitrogen and oxygen atoms in total. The number of carbonyl (C=O) groups is 1. The first-order valence-electron chi connectivity index (χ1n) is 8.77. The van der Waals surface area contributed by atoms with Crippen molar-refractivity contribution in [2.75, 3.05) is 11.9 Å². The summed E-state index contributed by atoms with van der Waals surface area (Å²) in [7, 11) is 0. The van der Waals surface area contributed by atoms with Gasteiger partial charge < -0.3 is 10.6 Å². The maximum atomic E-state index is 12.9. The van der Waals surface area contributed by atoms with Gasteiger partial charge in [-0.25, -0.2) is 4.68 Å². The third kappa shape index (κ3) is 3.74. The first-order valence-corrected chi connectivity index (χ1v) is 9.53. The molecule has 0 saturated heterocycles. The Balaban J connectivity index is 1.96. The molecule has 0 aliphatic carbocycles. The van der Waals surface area contributed by atoms with E-state index in [1.54, 1.807) is 23.0 Å². The fourth-order valence-electron chi connectivity index (χ4n) is 3.16. The first-order chi connectivity index (χ1) is 12.5. The second kappa shape index (κ2) is 8.14. The highest BCUT2D eigenvalue weighted by Crippen LogP contribution is 2.37. The number of nitrogens with zero attached hydrogens (tertiary/aromatic N) is 2. The number of unbranched alkanes of at least 4 members (excludes halogenated alkanes) is 2. The number of nitrogens with one attached hydrogen (secondary N) is 2. The van der Waals surface area contributed by atoms with Crippen LogP contribution in [0.15, 0.2) is 41.7 Å². The topological polar surface area (TPSA) is 59.0 Å². The maximum Gasteiger partial charge on any atom is 0.251 e. The molecule has 3 rings (SSSR count). The molecule has 1 aromatic heterocycles. The number of fused-ring (bicyclic) bond motifs is 1. The van der Waals surface area contributed by atoms with Crippen molar-refractivity contribution in [3.63, 3.8) is 0 Å². The average Bonchev–Trinajstić information content (AvgIpc) is 3.07. The van der Waals surface area contributed by atoms with Crippen molar-refractivity contribution in [1.82, 2.24) is 15.1 Å². The summed E-state index contributed by atoms with van der Waals surface area (Å²) in [6.07, 6.45) is 4.88. The van der Waals surface area contributed by atoms with E-state index in [1.807, 2.05) is 19.1 Å². The number of halogens is 2. The Morgan fingerprint density at radius 3 is 2.81 bits per heavy atom. The number of rotatable bonds is 6. The zero-order chi connectivity index (χ0) is 18.7. The van der Waals surface area contributed by atoms with Gasteiger partial charge in [-0.1, -0.05) is 49.0 Å². The van der Waals surface area contributed by atoms with E-state index >= 15 is 0 Å². The molecule has 2 aromatic rings. The van der Waals surface area contributed by atoms with Gasteiger partial charge in [-0.2, -0.15) is 5.10 Å². The molecule has 1 unspecified atom stereocenters.